The second-order valence-electron chi connectivity index (χ2n) is 14.2. The minimum absolute atomic E-state index is 0.00361. The molecule has 11 heteroatoms. The van der Waals surface area contributed by atoms with E-state index in [-0.39, 0.29) is 28.5 Å². The number of halogens is 1. The molecule has 0 amide bonds. The average Bonchev–Trinajstić information content (AvgIpc) is 3.90. The zero-order chi connectivity index (χ0) is 32.1. The Balaban J connectivity index is 1.08. The molecule has 4 saturated heterocycles. The van der Waals surface area contributed by atoms with Crippen molar-refractivity contribution in [3.8, 4) is 35.4 Å². The van der Waals surface area contributed by atoms with Gasteiger partial charge >= 0.3 is 6.01 Å². The Morgan fingerprint density at radius 1 is 1.19 bits per heavy atom. The molecule has 5 aliphatic rings. The molecular formula is C37H34FN7O3. The third kappa shape index (κ3) is 4.12. The molecule has 2 aromatic carbocycles. The molecule has 10 rings (SSSR count). The number of aromatic nitrogens is 4. The smallest absolute Gasteiger partial charge is 0.319 e. The molecule has 4 fully saturated rings. The van der Waals surface area contributed by atoms with Gasteiger partial charge in [-0.05, 0) is 68.7 Å². The minimum atomic E-state index is -0.604. The first kappa shape index (κ1) is 28.2. The SMILES string of the molecule is C#Cc1cccc2cc(O)cc(-c3ncc4c(N5CC6CCC(C5)N6)nc(OCC56CCCN5C5Cc7conc7C5C6)nc4c3F)c12. The molecule has 10 nitrogen and oxygen atoms in total. The van der Waals surface area contributed by atoms with Gasteiger partial charge in [-0.25, -0.2) is 4.39 Å². The number of piperazine rings is 1. The molecule has 0 radical (unpaired) electrons. The highest BCUT2D eigenvalue weighted by atomic mass is 19.1. The quantitative estimate of drug-likeness (QED) is 0.256. The lowest BCUT2D eigenvalue weighted by Gasteiger charge is -2.35. The zero-order valence-electron chi connectivity index (χ0n) is 26.3. The van der Waals surface area contributed by atoms with Crippen LogP contribution in [0.15, 0.2) is 47.3 Å². The lowest BCUT2D eigenvalue weighted by atomic mass is 9.89. The number of hydrogen-bond donors (Lipinski definition) is 2. The number of anilines is 1. The molecule has 48 heavy (non-hydrogen) atoms. The molecular weight excluding hydrogens is 609 g/mol. The van der Waals surface area contributed by atoms with E-state index in [2.05, 4.69) is 31.2 Å². The number of pyridine rings is 1. The van der Waals surface area contributed by atoms with Gasteiger partial charge in [0.05, 0.1) is 16.6 Å². The number of aromatic hydroxyl groups is 1. The fraction of sp³-hybridized carbons (Fsp3) is 0.405. The van der Waals surface area contributed by atoms with Gasteiger partial charge in [0.2, 0.25) is 0 Å². The maximum Gasteiger partial charge on any atom is 0.319 e. The highest BCUT2D eigenvalue weighted by Gasteiger charge is 2.58. The Morgan fingerprint density at radius 3 is 2.92 bits per heavy atom. The minimum Gasteiger partial charge on any atom is -0.508 e. The van der Waals surface area contributed by atoms with Crippen molar-refractivity contribution in [2.24, 2.45) is 0 Å². The summed E-state index contributed by atoms with van der Waals surface area (Å²) in [5, 5.41) is 20.5. The maximum atomic E-state index is 17.0. The summed E-state index contributed by atoms with van der Waals surface area (Å²) in [6.07, 6.45) is 15.5. The van der Waals surface area contributed by atoms with E-state index in [1.165, 1.54) is 11.6 Å². The number of hydrogen-bond acceptors (Lipinski definition) is 10. The fourth-order valence-corrected chi connectivity index (χ4v) is 9.56. The van der Waals surface area contributed by atoms with Crippen LogP contribution >= 0.6 is 0 Å². The Morgan fingerprint density at radius 2 is 2.06 bits per heavy atom. The third-order valence-corrected chi connectivity index (χ3v) is 11.6. The highest BCUT2D eigenvalue weighted by molar-refractivity contribution is 6.02. The van der Waals surface area contributed by atoms with E-state index in [1.807, 2.05) is 12.1 Å². The molecule has 2 bridgehead atoms. The van der Waals surface area contributed by atoms with Crippen LogP contribution in [0.1, 0.15) is 54.8 Å². The van der Waals surface area contributed by atoms with Crippen LogP contribution in [0, 0.1) is 18.2 Å². The highest BCUT2D eigenvalue weighted by Crippen LogP contribution is 2.54. The van der Waals surface area contributed by atoms with Crippen molar-refractivity contribution in [3.63, 3.8) is 0 Å². The van der Waals surface area contributed by atoms with Crippen molar-refractivity contribution >= 4 is 27.5 Å². The molecule has 5 aromatic rings. The number of nitrogens with one attached hydrogen (secondary N) is 1. The monoisotopic (exact) mass is 643 g/mol. The Hall–Kier alpha value is -4.79. The van der Waals surface area contributed by atoms with Crippen molar-refractivity contribution in [2.75, 3.05) is 31.1 Å². The Kier molecular flexibility index (Phi) is 6.09. The number of ether oxygens (including phenoxy) is 1. The van der Waals surface area contributed by atoms with Crippen LogP contribution in [0.3, 0.4) is 0 Å². The van der Waals surface area contributed by atoms with E-state index in [0.29, 0.717) is 63.8 Å². The topological polar surface area (TPSA) is 113 Å². The first-order valence-corrected chi connectivity index (χ1v) is 16.9. The van der Waals surface area contributed by atoms with E-state index in [4.69, 9.17) is 25.7 Å². The number of nitrogens with zero attached hydrogens (tertiary/aromatic N) is 6. The van der Waals surface area contributed by atoms with Crippen LogP contribution in [0.5, 0.6) is 11.8 Å². The van der Waals surface area contributed by atoms with E-state index < -0.39 is 5.82 Å². The van der Waals surface area contributed by atoms with Gasteiger partial charge in [0, 0.05) is 65.4 Å². The number of fused-ring (bicyclic) bond motifs is 9. The summed E-state index contributed by atoms with van der Waals surface area (Å²) in [5.41, 5.74) is 3.34. The predicted molar refractivity (Wildman–Crippen MR) is 178 cm³/mol. The summed E-state index contributed by atoms with van der Waals surface area (Å²) in [4.78, 5) is 19.2. The van der Waals surface area contributed by atoms with Gasteiger partial charge in [0.25, 0.3) is 0 Å². The van der Waals surface area contributed by atoms with Gasteiger partial charge in [-0.15, -0.1) is 6.42 Å². The van der Waals surface area contributed by atoms with Crippen molar-refractivity contribution < 1.29 is 18.8 Å². The lowest BCUT2D eigenvalue weighted by molar-refractivity contribution is 0.0849. The van der Waals surface area contributed by atoms with E-state index in [0.717, 1.165) is 63.9 Å². The number of benzene rings is 2. The van der Waals surface area contributed by atoms with Crippen LogP contribution in [0.2, 0.25) is 0 Å². The molecule has 2 N–H and O–H groups in total. The Labute approximate surface area is 276 Å². The predicted octanol–water partition coefficient (Wildman–Crippen LogP) is 4.93. The summed E-state index contributed by atoms with van der Waals surface area (Å²) in [6, 6.07) is 9.85. The van der Waals surface area contributed by atoms with Gasteiger partial charge in [-0.3, -0.25) is 9.88 Å². The molecule has 4 aliphatic heterocycles. The van der Waals surface area contributed by atoms with Crippen molar-refractivity contribution in [2.45, 2.75) is 68.1 Å². The van der Waals surface area contributed by atoms with Gasteiger partial charge in [-0.1, -0.05) is 23.2 Å². The summed E-state index contributed by atoms with van der Waals surface area (Å²) >= 11 is 0. The molecule has 0 spiro atoms. The van der Waals surface area contributed by atoms with Gasteiger partial charge in [0.15, 0.2) is 5.82 Å². The van der Waals surface area contributed by atoms with Crippen molar-refractivity contribution in [1.82, 2.24) is 30.3 Å². The second kappa shape index (κ2) is 10.4. The maximum absolute atomic E-state index is 17.0. The number of terminal acetylenes is 1. The van der Waals surface area contributed by atoms with Gasteiger partial charge in [-0.2, -0.15) is 9.97 Å². The van der Waals surface area contributed by atoms with Crippen LogP contribution in [-0.4, -0.2) is 80.0 Å². The van der Waals surface area contributed by atoms with E-state index in [9.17, 15) is 5.11 Å². The van der Waals surface area contributed by atoms with Gasteiger partial charge < -0.3 is 24.6 Å². The molecule has 0 saturated carbocycles. The van der Waals surface area contributed by atoms with Gasteiger partial charge in [0.1, 0.15) is 35.6 Å². The zero-order valence-corrected chi connectivity index (χ0v) is 26.3. The first-order valence-electron chi connectivity index (χ1n) is 16.9. The molecule has 5 atom stereocenters. The molecule has 7 heterocycles. The van der Waals surface area contributed by atoms with Crippen LogP contribution in [0.25, 0.3) is 32.9 Å². The van der Waals surface area contributed by atoms with E-state index >= 15 is 4.39 Å². The average molecular weight is 644 g/mol. The summed E-state index contributed by atoms with van der Waals surface area (Å²) in [6.45, 7) is 2.94. The second-order valence-corrected chi connectivity index (χ2v) is 14.2. The normalized spacial score (nSPS) is 27.4. The standard InChI is InChI=1S/C37H34FN7O3/c1-2-20-5-3-6-21-11-25(46)13-26(30(20)21)33-31(38)34-28(15-39-33)35(44-16-23-7-8-24(17-44)40-23)42-36(41-34)47-19-37-9-4-10-45(37)29-12-22-18-48-43-32(22)27(29)14-37/h1,3,5-6,11,13,15,18,23-24,27,29,40,46H,4,7-10,12,14,16-17,19H2. The number of rotatable bonds is 5. The number of phenols is 1. The van der Waals surface area contributed by atoms with Crippen LogP contribution < -0.4 is 15.0 Å². The van der Waals surface area contributed by atoms with Crippen LogP contribution in [0.4, 0.5) is 10.2 Å². The largest absolute Gasteiger partial charge is 0.508 e. The number of phenolic OH excluding ortho intramolecular Hbond substituents is 1. The summed E-state index contributed by atoms with van der Waals surface area (Å²) in [5.74, 6) is 3.05. The van der Waals surface area contributed by atoms with Crippen LogP contribution in [-0.2, 0) is 6.42 Å². The molecule has 1 aliphatic carbocycles. The molecule has 242 valence electrons. The molecule has 3 aromatic heterocycles. The third-order valence-electron chi connectivity index (χ3n) is 11.6. The fourth-order valence-electron chi connectivity index (χ4n) is 9.56. The first-order chi connectivity index (χ1) is 23.5. The Bertz CT molecular complexity index is 2170. The summed E-state index contributed by atoms with van der Waals surface area (Å²) in [7, 11) is 0. The lowest BCUT2D eigenvalue weighted by Crippen LogP contribution is -2.51. The molecule has 5 unspecified atom stereocenters. The van der Waals surface area contributed by atoms with Crippen molar-refractivity contribution in [1.29, 1.82) is 0 Å². The van der Waals surface area contributed by atoms with Crippen molar-refractivity contribution in [3.05, 3.63) is 65.4 Å². The van der Waals surface area contributed by atoms with E-state index in [1.54, 1.807) is 24.6 Å². The summed E-state index contributed by atoms with van der Waals surface area (Å²) < 4.78 is 28.8.